The van der Waals surface area contributed by atoms with Crippen molar-refractivity contribution in [2.24, 2.45) is 5.73 Å². The number of halogens is 1. The Labute approximate surface area is 128 Å². The lowest BCUT2D eigenvalue weighted by atomic mass is 9.98. The number of nitrogens with zero attached hydrogens (tertiary/aromatic N) is 1. The molecule has 0 aliphatic carbocycles. The highest BCUT2D eigenvalue weighted by Crippen LogP contribution is 2.37. The SMILES string of the molecule is Cc1ccc2c(c1)CCCN2c1cccc(Br)c1CN. The van der Waals surface area contributed by atoms with E-state index in [0.29, 0.717) is 6.54 Å². The van der Waals surface area contributed by atoms with Crippen molar-refractivity contribution in [1.82, 2.24) is 0 Å². The number of anilines is 2. The summed E-state index contributed by atoms with van der Waals surface area (Å²) in [6.07, 6.45) is 2.35. The predicted molar refractivity (Wildman–Crippen MR) is 88.5 cm³/mol. The summed E-state index contributed by atoms with van der Waals surface area (Å²) < 4.78 is 1.09. The fourth-order valence-electron chi connectivity index (χ4n) is 2.98. The van der Waals surface area contributed by atoms with Crippen LogP contribution in [0.15, 0.2) is 40.9 Å². The highest BCUT2D eigenvalue weighted by Gasteiger charge is 2.20. The highest BCUT2D eigenvalue weighted by molar-refractivity contribution is 9.10. The zero-order valence-corrected chi connectivity index (χ0v) is 13.3. The lowest BCUT2D eigenvalue weighted by Gasteiger charge is -2.33. The Hall–Kier alpha value is -1.32. The number of hydrogen-bond acceptors (Lipinski definition) is 2. The normalized spacial score (nSPS) is 14.2. The Morgan fingerprint density at radius 1 is 1.20 bits per heavy atom. The first-order chi connectivity index (χ1) is 9.70. The fourth-order valence-corrected chi connectivity index (χ4v) is 3.50. The van der Waals surface area contributed by atoms with Crippen molar-refractivity contribution in [3.63, 3.8) is 0 Å². The van der Waals surface area contributed by atoms with Crippen molar-refractivity contribution >= 4 is 27.3 Å². The molecular weight excluding hydrogens is 312 g/mol. The van der Waals surface area contributed by atoms with Gasteiger partial charge in [0.15, 0.2) is 0 Å². The standard InChI is InChI=1S/C17H19BrN2/c1-12-7-8-16-13(10-12)4-3-9-20(16)17-6-2-5-15(18)14(17)11-19/h2,5-8,10H,3-4,9,11,19H2,1H3. The van der Waals surface area contributed by atoms with Gasteiger partial charge in [-0.15, -0.1) is 0 Å². The Bertz CT molecular complexity index is 637. The van der Waals surface area contributed by atoms with E-state index in [1.54, 1.807) is 0 Å². The Kier molecular flexibility index (Phi) is 3.81. The van der Waals surface area contributed by atoms with Gasteiger partial charge in [-0.25, -0.2) is 0 Å². The van der Waals surface area contributed by atoms with Gasteiger partial charge in [-0.3, -0.25) is 0 Å². The van der Waals surface area contributed by atoms with E-state index in [1.807, 2.05) is 0 Å². The third kappa shape index (κ3) is 2.36. The van der Waals surface area contributed by atoms with Gasteiger partial charge in [-0.2, -0.15) is 0 Å². The first-order valence-corrected chi connectivity index (χ1v) is 7.84. The molecule has 1 heterocycles. The molecule has 0 saturated carbocycles. The second-order valence-corrected chi connectivity index (χ2v) is 6.18. The van der Waals surface area contributed by atoms with Crippen LogP contribution in [0.4, 0.5) is 11.4 Å². The quantitative estimate of drug-likeness (QED) is 0.889. The molecule has 104 valence electrons. The van der Waals surface area contributed by atoms with E-state index < -0.39 is 0 Å². The summed E-state index contributed by atoms with van der Waals surface area (Å²) in [5.74, 6) is 0. The monoisotopic (exact) mass is 330 g/mol. The van der Waals surface area contributed by atoms with E-state index in [0.717, 1.165) is 11.0 Å². The average Bonchev–Trinajstić information content (AvgIpc) is 2.46. The molecule has 3 heteroatoms. The van der Waals surface area contributed by atoms with Gasteiger partial charge in [0.1, 0.15) is 0 Å². The van der Waals surface area contributed by atoms with Crippen LogP contribution in [0.2, 0.25) is 0 Å². The minimum Gasteiger partial charge on any atom is -0.341 e. The maximum absolute atomic E-state index is 5.95. The number of rotatable bonds is 2. The molecule has 0 saturated heterocycles. The maximum Gasteiger partial charge on any atom is 0.0467 e. The van der Waals surface area contributed by atoms with E-state index >= 15 is 0 Å². The largest absolute Gasteiger partial charge is 0.341 e. The van der Waals surface area contributed by atoms with Crippen molar-refractivity contribution < 1.29 is 0 Å². The van der Waals surface area contributed by atoms with Crippen molar-refractivity contribution in [1.29, 1.82) is 0 Å². The van der Waals surface area contributed by atoms with Gasteiger partial charge in [0.25, 0.3) is 0 Å². The lowest BCUT2D eigenvalue weighted by molar-refractivity contribution is 0.762. The summed E-state index contributed by atoms with van der Waals surface area (Å²) in [7, 11) is 0. The Morgan fingerprint density at radius 3 is 2.85 bits per heavy atom. The molecule has 20 heavy (non-hydrogen) atoms. The van der Waals surface area contributed by atoms with Crippen LogP contribution in [0.1, 0.15) is 23.1 Å². The average molecular weight is 331 g/mol. The van der Waals surface area contributed by atoms with E-state index in [2.05, 4.69) is 64.2 Å². The van der Waals surface area contributed by atoms with Gasteiger partial charge >= 0.3 is 0 Å². The zero-order valence-electron chi connectivity index (χ0n) is 11.7. The molecule has 0 amide bonds. The molecule has 0 bridgehead atoms. The van der Waals surface area contributed by atoms with Crippen LogP contribution in [0.25, 0.3) is 0 Å². The van der Waals surface area contributed by atoms with E-state index in [-0.39, 0.29) is 0 Å². The molecule has 3 rings (SSSR count). The molecule has 1 aliphatic heterocycles. The molecule has 0 fully saturated rings. The smallest absolute Gasteiger partial charge is 0.0467 e. The second-order valence-electron chi connectivity index (χ2n) is 5.33. The summed E-state index contributed by atoms with van der Waals surface area (Å²) in [6.45, 7) is 3.76. The minimum atomic E-state index is 0.550. The molecule has 2 aromatic carbocycles. The summed E-state index contributed by atoms with van der Waals surface area (Å²) >= 11 is 3.62. The molecule has 0 spiro atoms. The highest BCUT2D eigenvalue weighted by atomic mass is 79.9. The van der Waals surface area contributed by atoms with Crippen LogP contribution in [-0.4, -0.2) is 6.54 Å². The topological polar surface area (TPSA) is 29.3 Å². The first kappa shape index (κ1) is 13.7. The summed E-state index contributed by atoms with van der Waals surface area (Å²) in [4.78, 5) is 2.41. The number of fused-ring (bicyclic) bond motifs is 1. The van der Waals surface area contributed by atoms with E-state index in [4.69, 9.17) is 5.73 Å². The number of benzene rings is 2. The summed E-state index contributed by atoms with van der Waals surface area (Å²) in [6, 6.07) is 13.1. The Balaban J connectivity index is 2.11. The fraction of sp³-hybridized carbons (Fsp3) is 0.294. The van der Waals surface area contributed by atoms with Crippen LogP contribution in [0, 0.1) is 6.92 Å². The molecule has 0 atom stereocenters. The van der Waals surface area contributed by atoms with Crippen molar-refractivity contribution in [2.45, 2.75) is 26.3 Å². The molecule has 2 aromatic rings. The molecule has 1 aliphatic rings. The summed E-state index contributed by atoms with van der Waals surface area (Å²) in [5, 5.41) is 0. The zero-order chi connectivity index (χ0) is 14.1. The number of hydrogen-bond donors (Lipinski definition) is 1. The van der Waals surface area contributed by atoms with Gasteiger partial charge in [0, 0.05) is 34.5 Å². The van der Waals surface area contributed by atoms with Crippen LogP contribution in [0.3, 0.4) is 0 Å². The van der Waals surface area contributed by atoms with Crippen LogP contribution >= 0.6 is 15.9 Å². The van der Waals surface area contributed by atoms with Gasteiger partial charge < -0.3 is 10.6 Å². The molecule has 2 N–H and O–H groups in total. The molecular formula is C17H19BrN2. The third-order valence-electron chi connectivity index (χ3n) is 3.94. The predicted octanol–water partition coefficient (Wildman–Crippen LogP) is 4.30. The number of aryl methyl sites for hydroxylation is 2. The molecule has 0 unspecified atom stereocenters. The van der Waals surface area contributed by atoms with Crippen LogP contribution in [-0.2, 0) is 13.0 Å². The van der Waals surface area contributed by atoms with Gasteiger partial charge in [-0.05, 0) is 43.5 Å². The van der Waals surface area contributed by atoms with E-state index in [1.165, 1.54) is 40.9 Å². The van der Waals surface area contributed by atoms with Gasteiger partial charge in [0.05, 0.1) is 0 Å². The minimum absolute atomic E-state index is 0.550. The van der Waals surface area contributed by atoms with Crippen LogP contribution in [0.5, 0.6) is 0 Å². The summed E-state index contributed by atoms with van der Waals surface area (Å²) in [5.41, 5.74) is 12.5. The second kappa shape index (κ2) is 5.58. The van der Waals surface area contributed by atoms with Crippen molar-refractivity contribution in [2.75, 3.05) is 11.4 Å². The van der Waals surface area contributed by atoms with Crippen molar-refractivity contribution in [3.8, 4) is 0 Å². The molecule has 0 aromatic heterocycles. The number of nitrogens with two attached hydrogens (primary N) is 1. The third-order valence-corrected chi connectivity index (χ3v) is 4.69. The first-order valence-electron chi connectivity index (χ1n) is 7.05. The van der Waals surface area contributed by atoms with E-state index in [9.17, 15) is 0 Å². The maximum atomic E-state index is 5.95. The lowest BCUT2D eigenvalue weighted by Crippen LogP contribution is -2.26. The molecule has 0 radical (unpaired) electrons. The molecule has 2 nitrogen and oxygen atoms in total. The Morgan fingerprint density at radius 2 is 2.05 bits per heavy atom. The van der Waals surface area contributed by atoms with Gasteiger partial charge in [0.2, 0.25) is 0 Å². The van der Waals surface area contributed by atoms with Crippen LogP contribution < -0.4 is 10.6 Å². The van der Waals surface area contributed by atoms with Crippen molar-refractivity contribution in [3.05, 3.63) is 57.6 Å². The van der Waals surface area contributed by atoms with Gasteiger partial charge in [-0.1, -0.05) is 39.7 Å².